The zero-order valence-corrected chi connectivity index (χ0v) is 17.4. The quantitative estimate of drug-likeness (QED) is 0.336. The summed E-state index contributed by atoms with van der Waals surface area (Å²) in [5.74, 6) is 0. The molecule has 3 aromatic carbocycles. The van der Waals surface area contributed by atoms with E-state index in [2.05, 4.69) is 102 Å². The number of benzene rings is 3. The van der Waals surface area contributed by atoms with E-state index in [4.69, 9.17) is 0 Å². The minimum atomic E-state index is 0.0872. The Kier molecular flexibility index (Phi) is 4.07. The summed E-state index contributed by atoms with van der Waals surface area (Å²) in [6.45, 7) is 13.7. The van der Waals surface area contributed by atoms with Gasteiger partial charge in [0.2, 0.25) is 0 Å². The van der Waals surface area contributed by atoms with E-state index in [-0.39, 0.29) is 10.8 Å². The van der Waals surface area contributed by atoms with Gasteiger partial charge in [0.15, 0.2) is 0 Å². The van der Waals surface area contributed by atoms with Crippen molar-refractivity contribution in [2.45, 2.75) is 58.8 Å². The van der Waals surface area contributed by atoms with Crippen LogP contribution in [0.25, 0.3) is 22.3 Å². The fourth-order valence-corrected chi connectivity index (χ4v) is 3.97. The first-order chi connectivity index (χ1) is 12.6. The Balaban J connectivity index is 1.96. The van der Waals surface area contributed by atoms with Gasteiger partial charge in [-0.2, -0.15) is 0 Å². The van der Waals surface area contributed by atoms with Crippen LogP contribution in [0.5, 0.6) is 0 Å². The average Bonchev–Trinajstić information content (AvgIpc) is 2.98. The monoisotopic (exact) mass is 353 g/mol. The van der Waals surface area contributed by atoms with Crippen molar-refractivity contribution in [3.63, 3.8) is 0 Å². The Bertz CT molecular complexity index is 993. The SMILES string of the molecule is CC(C)(C)c1[c]c2c(c(-c3ccccc3)c1)-c1ccc(C(C)(C)C)cc1C2. The highest BCUT2D eigenvalue weighted by atomic mass is 14.3. The van der Waals surface area contributed by atoms with E-state index in [0.717, 1.165) is 6.42 Å². The Hall–Kier alpha value is -2.34. The molecule has 3 aromatic rings. The molecule has 0 aliphatic heterocycles. The lowest BCUT2D eigenvalue weighted by atomic mass is 9.82. The lowest BCUT2D eigenvalue weighted by molar-refractivity contribution is 0.589. The fourth-order valence-electron chi connectivity index (χ4n) is 3.97. The van der Waals surface area contributed by atoms with Crippen LogP contribution in [0.2, 0.25) is 0 Å². The number of hydrogen-bond donors (Lipinski definition) is 0. The second-order valence-electron chi connectivity index (χ2n) is 9.86. The van der Waals surface area contributed by atoms with Crippen LogP contribution < -0.4 is 0 Å². The van der Waals surface area contributed by atoms with Crippen molar-refractivity contribution in [3.05, 3.63) is 82.9 Å². The molecular formula is C27H29. The third kappa shape index (κ3) is 3.23. The Morgan fingerprint density at radius 3 is 2.07 bits per heavy atom. The predicted octanol–water partition coefficient (Wildman–Crippen LogP) is 7.32. The minimum Gasteiger partial charge on any atom is -0.0622 e. The van der Waals surface area contributed by atoms with E-state index < -0.39 is 0 Å². The number of fused-ring (bicyclic) bond motifs is 3. The lowest BCUT2D eigenvalue weighted by Crippen LogP contribution is -2.12. The molecule has 0 saturated heterocycles. The zero-order chi connectivity index (χ0) is 19.4. The maximum atomic E-state index is 3.78. The second kappa shape index (κ2) is 6.09. The van der Waals surface area contributed by atoms with Crippen LogP contribution in [-0.4, -0.2) is 0 Å². The highest BCUT2D eigenvalue weighted by molar-refractivity contribution is 5.91. The van der Waals surface area contributed by atoms with Crippen LogP contribution in [0.15, 0.2) is 54.6 Å². The zero-order valence-electron chi connectivity index (χ0n) is 17.4. The van der Waals surface area contributed by atoms with Gasteiger partial charge in [-0.3, -0.25) is 0 Å². The first kappa shape index (κ1) is 18.0. The molecule has 1 aliphatic rings. The van der Waals surface area contributed by atoms with E-state index >= 15 is 0 Å². The maximum Gasteiger partial charge on any atom is -0.000684 e. The molecule has 0 heterocycles. The van der Waals surface area contributed by atoms with Gasteiger partial charge in [-0.1, -0.05) is 90.1 Å². The van der Waals surface area contributed by atoms with Crippen LogP contribution in [0.3, 0.4) is 0 Å². The molecule has 0 heteroatoms. The van der Waals surface area contributed by atoms with Crippen LogP contribution in [-0.2, 0) is 17.3 Å². The van der Waals surface area contributed by atoms with Gasteiger partial charge in [-0.15, -0.1) is 0 Å². The van der Waals surface area contributed by atoms with Crippen molar-refractivity contribution >= 4 is 0 Å². The van der Waals surface area contributed by atoms with Gasteiger partial charge in [0.05, 0.1) is 0 Å². The van der Waals surface area contributed by atoms with E-state index in [1.165, 1.54) is 44.5 Å². The summed E-state index contributed by atoms with van der Waals surface area (Å²) in [6, 6.07) is 24.0. The molecule has 0 spiro atoms. The fraction of sp³-hybridized carbons (Fsp3) is 0.333. The highest BCUT2D eigenvalue weighted by Gasteiger charge is 2.27. The first-order valence-corrected chi connectivity index (χ1v) is 9.93. The van der Waals surface area contributed by atoms with Crippen molar-refractivity contribution in [1.82, 2.24) is 0 Å². The van der Waals surface area contributed by atoms with Crippen LogP contribution >= 0.6 is 0 Å². The largest absolute Gasteiger partial charge is 0.0622 e. The molecule has 0 amide bonds. The van der Waals surface area contributed by atoms with Gasteiger partial charge in [0.1, 0.15) is 0 Å². The Labute approximate surface area is 164 Å². The lowest BCUT2D eigenvalue weighted by Gasteiger charge is -2.22. The summed E-state index contributed by atoms with van der Waals surface area (Å²) in [7, 11) is 0. The Morgan fingerprint density at radius 1 is 0.741 bits per heavy atom. The molecule has 0 atom stereocenters. The van der Waals surface area contributed by atoms with E-state index in [0.29, 0.717) is 0 Å². The Morgan fingerprint density at radius 2 is 1.44 bits per heavy atom. The summed E-state index contributed by atoms with van der Waals surface area (Å²) in [6.07, 6.45) is 0.984. The van der Waals surface area contributed by atoms with Gasteiger partial charge in [0, 0.05) is 0 Å². The molecule has 27 heavy (non-hydrogen) atoms. The summed E-state index contributed by atoms with van der Waals surface area (Å²) in [5, 5.41) is 0. The first-order valence-electron chi connectivity index (χ1n) is 9.93. The third-order valence-electron chi connectivity index (χ3n) is 5.65. The smallest absolute Gasteiger partial charge is 0.000684 e. The van der Waals surface area contributed by atoms with E-state index in [9.17, 15) is 0 Å². The topological polar surface area (TPSA) is 0 Å². The van der Waals surface area contributed by atoms with Crippen molar-refractivity contribution in [2.24, 2.45) is 0 Å². The molecule has 0 nitrogen and oxygen atoms in total. The summed E-state index contributed by atoms with van der Waals surface area (Å²) in [5.41, 5.74) is 11.2. The highest BCUT2D eigenvalue weighted by Crippen LogP contribution is 2.45. The molecule has 1 radical (unpaired) electrons. The average molecular weight is 354 g/mol. The standard InChI is InChI=1S/C27H29/c1-26(2,3)21-12-13-23-19(15-21)14-20-16-22(27(4,5)6)17-24(25(20)23)18-10-8-7-9-11-18/h7-13,15,17H,14H2,1-6H3. The molecule has 0 aromatic heterocycles. The molecule has 0 N–H and O–H groups in total. The maximum absolute atomic E-state index is 3.78. The van der Waals surface area contributed by atoms with Gasteiger partial charge in [-0.05, 0) is 73.9 Å². The predicted molar refractivity (Wildman–Crippen MR) is 116 cm³/mol. The van der Waals surface area contributed by atoms with Crippen LogP contribution in [0.4, 0.5) is 0 Å². The van der Waals surface area contributed by atoms with Crippen molar-refractivity contribution < 1.29 is 0 Å². The molecule has 0 unspecified atom stereocenters. The van der Waals surface area contributed by atoms with Crippen molar-refractivity contribution in [3.8, 4) is 22.3 Å². The van der Waals surface area contributed by atoms with E-state index in [1.807, 2.05) is 0 Å². The molecule has 4 rings (SSSR count). The van der Waals surface area contributed by atoms with Gasteiger partial charge < -0.3 is 0 Å². The molecule has 0 bridgehead atoms. The summed E-state index contributed by atoms with van der Waals surface area (Å²) >= 11 is 0. The summed E-state index contributed by atoms with van der Waals surface area (Å²) < 4.78 is 0. The van der Waals surface area contributed by atoms with Crippen LogP contribution in [0, 0.1) is 6.07 Å². The van der Waals surface area contributed by atoms with Gasteiger partial charge >= 0.3 is 0 Å². The molecule has 0 fully saturated rings. The molecular weight excluding hydrogens is 324 g/mol. The number of hydrogen-bond acceptors (Lipinski definition) is 0. The van der Waals surface area contributed by atoms with Gasteiger partial charge in [-0.25, -0.2) is 0 Å². The van der Waals surface area contributed by atoms with Gasteiger partial charge in [0.25, 0.3) is 0 Å². The van der Waals surface area contributed by atoms with Crippen molar-refractivity contribution in [1.29, 1.82) is 0 Å². The molecule has 1 aliphatic carbocycles. The van der Waals surface area contributed by atoms with Crippen LogP contribution in [0.1, 0.15) is 63.8 Å². The number of rotatable bonds is 1. The minimum absolute atomic E-state index is 0.0872. The van der Waals surface area contributed by atoms with E-state index in [1.54, 1.807) is 0 Å². The second-order valence-corrected chi connectivity index (χ2v) is 9.86. The summed E-state index contributed by atoms with van der Waals surface area (Å²) in [4.78, 5) is 0. The normalized spacial score (nSPS) is 13.4. The molecule has 0 saturated carbocycles. The molecule has 137 valence electrons. The third-order valence-corrected chi connectivity index (χ3v) is 5.65. The van der Waals surface area contributed by atoms with Crippen molar-refractivity contribution in [2.75, 3.05) is 0 Å².